The molecule has 2 N–H and O–H groups in total. The van der Waals surface area contributed by atoms with E-state index in [1.54, 1.807) is 16.2 Å². The van der Waals surface area contributed by atoms with Crippen LogP contribution >= 0.6 is 11.3 Å². The molecule has 120 valence electrons. The maximum atomic E-state index is 12.1. The zero-order valence-corrected chi connectivity index (χ0v) is 13.5. The van der Waals surface area contributed by atoms with Gasteiger partial charge in [-0.1, -0.05) is 30.3 Å². The summed E-state index contributed by atoms with van der Waals surface area (Å²) >= 11 is 1.60. The van der Waals surface area contributed by atoms with Gasteiger partial charge in [-0.2, -0.15) is 11.3 Å². The first-order chi connectivity index (χ1) is 11.2. The molecule has 1 fully saturated rings. The molecule has 0 saturated carbocycles. The van der Waals surface area contributed by atoms with Gasteiger partial charge in [0.1, 0.15) is 0 Å². The molecule has 3 rings (SSSR count). The van der Waals surface area contributed by atoms with Crippen molar-refractivity contribution < 1.29 is 9.59 Å². The number of carbonyl (C=O) groups is 2. The molecule has 3 amide bonds. The summed E-state index contributed by atoms with van der Waals surface area (Å²) in [7, 11) is 0. The maximum Gasteiger partial charge on any atom is 0.315 e. The average molecular weight is 329 g/mol. The molecule has 2 aromatic rings. The number of likely N-dealkylation sites (tertiary alicyclic amines) is 1. The molecule has 0 bridgehead atoms. The van der Waals surface area contributed by atoms with Crippen LogP contribution in [0.25, 0.3) is 0 Å². The molecule has 1 aromatic heterocycles. The second-order valence-electron chi connectivity index (χ2n) is 5.62. The third-order valence-corrected chi connectivity index (χ3v) is 4.53. The summed E-state index contributed by atoms with van der Waals surface area (Å²) in [5.41, 5.74) is 2.18. The van der Waals surface area contributed by atoms with Crippen molar-refractivity contribution in [3.05, 3.63) is 58.3 Å². The molecule has 0 radical (unpaired) electrons. The van der Waals surface area contributed by atoms with Crippen molar-refractivity contribution in [2.45, 2.75) is 25.6 Å². The Labute approximate surface area is 139 Å². The molecular formula is C17H19N3O2S. The lowest BCUT2D eigenvalue weighted by molar-refractivity contribution is -0.128. The Bertz CT molecular complexity index is 658. The van der Waals surface area contributed by atoms with E-state index in [2.05, 4.69) is 10.6 Å². The first-order valence-corrected chi connectivity index (χ1v) is 8.52. The van der Waals surface area contributed by atoms with E-state index in [0.29, 0.717) is 26.1 Å². The molecule has 1 aliphatic heterocycles. The zero-order chi connectivity index (χ0) is 16.1. The Kier molecular flexibility index (Phi) is 4.92. The normalized spacial score (nSPS) is 17.3. The van der Waals surface area contributed by atoms with Crippen LogP contribution in [0.4, 0.5) is 4.79 Å². The van der Waals surface area contributed by atoms with Gasteiger partial charge in [0.05, 0.1) is 6.04 Å². The van der Waals surface area contributed by atoms with Crippen LogP contribution in [0, 0.1) is 0 Å². The monoisotopic (exact) mass is 329 g/mol. The van der Waals surface area contributed by atoms with Crippen LogP contribution in [0.3, 0.4) is 0 Å². The number of urea groups is 1. The molecule has 1 aromatic carbocycles. The predicted octanol–water partition coefficient (Wildman–Crippen LogP) is 2.35. The smallest absolute Gasteiger partial charge is 0.315 e. The summed E-state index contributed by atoms with van der Waals surface area (Å²) in [5.74, 6) is 0.0805. The summed E-state index contributed by atoms with van der Waals surface area (Å²) in [4.78, 5) is 25.8. The Morgan fingerprint density at radius 2 is 2.04 bits per heavy atom. The molecule has 6 heteroatoms. The van der Waals surface area contributed by atoms with Crippen molar-refractivity contribution in [3.8, 4) is 0 Å². The van der Waals surface area contributed by atoms with Crippen molar-refractivity contribution in [2.75, 3.05) is 6.54 Å². The van der Waals surface area contributed by atoms with Crippen LogP contribution in [0.15, 0.2) is 47.2 Å². The van der Waals surface area contributed by atoms with E-state index >= 15 is 0 Å². The largest absolute Gasteiger partial charge is 0.336 e. The third-order valence-electron chi connectivity index (χ3n) is 3.80. The van der Waals surface area contributed by atoms with Crippen LogP contribution in [-0.2, 0) is 17.9 Å². The van der Waals surface area contributed by atoms with Crippen molar-refractivity contribution in [1.29, 1.82) is 0 Å². The molecule has 1 saturated heterocycles. The van der Waals surface area contributed by atoms with Crippen LogP contribution in [0.2, 0.25) is 0 Å². The van der Waals surface area contributed by atoms with E-state index < -0.39 is 0 Å². The SMILES string of the molecule is O=C(NCc1ccsc1)N[C@H]1CC(=O)N(Cc2ccccc2)C1. The van der Waals surface area contributed by atoms with E-state index in [4.69, 9.17) is 0 Å². The minimum absolute atomic E-state index is 0.0805. The fourth-order valence-electron chi connectivity index (χ4n) is 2.64. The topological polar surface area (TPSA) is 61.4 Å². The summed E-state index contributed by atoms with van der Waals surface area (Å²) in [6, 6.07) is 11.5. The number of thiophene rings is 1. The zero-order valence-electron chi connectivity index (χ0n) is 12.7. The second-order valence-corrected chi connectivity index (χ2v) is 6.40. The van der Waals surface area contributed by atoms with Gasteiger partial charge in [-0.3, -0.25) is 4.79 Å². The molecule has 2 heterocycles. The molecular weight excluding hydrogens is 310 g/mol. The minimum atomic E-state index is -0.226. The van der Waals surface area contributed by atoms with Gasteiger partial charge in [-0.25, -0.2) is 4.79 Å². The average Bonchev–Trinajstić information content (AvgIpc) is 3.17. The van der Waals surface area contributed by atoms with Crippen molar-refractivity contribution in [1.82, 2.24) is 15.5 Å². The fraction of sp³-hybridized carbons (Fsp3) is 0.294. The molecule has 0 aliphatic carbocycles. The predicted molar refractivity (Wildman–Crippen MR) is 90.0 cm³/mol. The highest BCUT2D eigenvalue weighted by Crippen LogP contribution is 2.15. The Morgan fingerprint density at radius 1 is 1.22 bits per heavy atom. The van der Waals surface area contributed by atoms with E-state index in [9.17, 15) is 9.59 Å². The number of carbonyl (C=O) groups excluding carboxylic acids is 2. The first-order valence-electron chi connectivity index (χ1n) is 7.58. The summed E-state index contributed by atoms with van der Waals surface area (Å²) in [6.45, 7) is 1.65. The molecule has 1 aliphatic rings. The van der Waals surface area contributed by atoms with Gasteiger partial charge in [-0.05, 0) is 28.0 Å². The van der Waals surface area contributed by atoms with Crippen molar-refractivity contribution >= 4 is 23.3 Å². The van der Waals surface area contributed by atoms with Gasteiger partial charge >= 0.3 is 6.03 Å². The molecule has 23 heavy (non-hydrogen) atoms. The van der Waals surface area contributed by atoms with Gasteiger partial charge in [0, 0.05) is 26.1 Å². The Balaban J connectivity index is 1.46. The standard InChI is InChI=1S/C17H19N3O2S/c21-16-8-15(11-20(16)10-13-4-2-1-3-5-13)19-17(22)18-9-14-6-7-23-12-14/h1-7,12,15H,8-11H2,(H2,18,19,22)/t15-/m0/s1. The molecule has 1 atom stereocenters. The highest BCUT2D eigenvalue weighted by molar-refractivity contribution is 7.07. The number of hydrogen-bond donors (Lipinski definition) is 2. The highest BCUT2D eigenvalue weighted by Gasteiger charge is 2.30. The molecule has 0 spiro atoms. The van der Waals surface area contributed by atoms with Gasteiger partial charge in [0.25, 0.3) is 0 Å². The van der Waals surface area contributed by atoms with Gasteiger partial charge in [0.15, 0.2) is 0 Å². The third kappa shape index (κ3) is 4.32. The summed E-state index contributed by atoms with van der Waals surface area (Å²) in [6.07, 6.45) is 0.360. The second kappa shape index (κ2) is 7.28. The first kappa shape index (κ1) is 15.6. The number of benzene rings is 1. The number of nitrogens with zero attached hydrogens (tertiary/aromatic N) is 1. The maximum absolute atomic E-state index is 12.1. The van der Waals surface area contributed by atoms with Crippen LogP contribution < -0.4 is 10.6 Å². The van der Waals surface area contributed by atoms with Gasteiger partial charge < -0.3 is 15.5 Å². The van der Waals surface area contributed by atoms with E-state index in [0.717, 1.165) is 11.1 Å². The summed E-state index contributed by atoms with van der Waals surface area (Å²) < 4.78 is 0. The van der Waals surface area contributed by atoms with E-state index in [1.165, 1.54) is 0 Å². The fourth-order valence-corrected chi connectivity index (χ4v) is 3.31. The lowest BCUT2D eigenvalue weighted by atomic mass is 10.2. The lowest BCUT2D eigenvalue weighted by Gasteiger charge is -2.17. The number of hydrogen-bond acceptors (Lipinski definition) is 3. The van der Waals surface area contributed by atoms with E-state index in [1.807, 2.05) is 47.2 Å². The molecule has 5 nitrogen and oxygen atoms in total. The minimum Gasteiger partial charge on any atom is -0.336 e. The Hall–Kier alpha value is -2.34. The van der Waals surface area contributed by atoms with Crippen molar-refractivity contribution in [2.24, 2.45) is 0 Å². The van der Waals surface area contributed by atoms with Gasteiger partial charge in [0.2, 0.25) is 5.91 Å². The summed E-state index contributed by atoms with van der Waals surface area (Å²) in [5, 5.41) is 9.68. The molecule has 0 unspecified atom stereocenters. The van der Waals surface area contributed by atoms with Crippen LogP contribution in [-0.4, -0.2) is 29.4 Å². The number of rotatable bonds is 5. The Morgan fingerprint density at radius 3 is 2.78 bits per heavy atom. The highest BCUT2D eigenvalue weighted by atomic mass is 32.1. The van der Waals surface area contributed by atoms with Crippen molar-refractivity contribution in [3.63, 3.8) is 0 Å². The van der Waals surface area contributed by atoms with E-state index in [-0.39, 0.29) is 18.0 Å². The van der Waals surface area contributed by atoms with Crippen LogP contribution in [0.1, 0.15) is 17.5 Å². The quantitative estimate of drug-likeness (QED) is 0.884. The number of amides is 3. The lowest BCUT2D eigenvalue weighted by Crippen LogP contribution is -2.42. The number of nitrogens with one attached hydrogen (secondary N) is 2. The van der Waals surface area contributed by atoms with Gasteiger partial charge in [-0.15, -0.1) is 0 Å². The van der Waals surface area contributed by atoms with Crippen LogP contribution in [0.5, 0.6) is 0 Å².